The summed E-state index contributed by atoms with van der Waals surface area (Å²) in [4.78, 5) is 17.4. The Morgan fingerprint density at radius 3 is 2.81 bits per heavy atom. The number of aliphatic hydroxyl groups is 1. The molecule has 4 nitrogen and oxygen atoms in total. The van der Waals surface area contributed by atoms with Crippen molar-refractivity contribution in [3.8, 4) is 0 Å². The maximum atomic E-state index is 11.9. The summed E-state index contributed by atoms with van der Waals surface area (Å²) in [6.07, 6.45) is 1.72. The number of pyridine rings is 1. The maximum Gasteiger partial charge on any atom is 0.255 e. The fraction of sp³-hybridized carbons (Fsp3) is 0.455. The molecule has 1 N–H and O–H groups in total. The molecule has 0 aliphatic rings. The molecule has 16 heavy (non-hydrogen) atoms. The first-order valence-electron chi connectivity index (χ1n) is 5.06. The van der Waals surface area contributed by atoms with E-state index in [9.17, 15) is 4.79 Å². The number of nitrogens with zero attached hydrogens (tertiary/aromatic N) is 2. The lowest BCUT2D eigenvalue weighted by Crippen LogP contribution is -2.29. The SMILES string of the molecule is CC(O)CCN(C)C(=O)c1ccc(Br)nc1. The Morgan fingerprint density at radius 2 is 2.31 bits per heavy atom. The lowest BCUT2D eigenvalue weighted by atomic mass is 10.2. The van der Waals surface area contributed by atoms with E-state index in [1.807, 2.05) is 0 Å². The van der Waals surface area contributed by atoms with Crippen molar-refractivity contribution >= 4 is 21.8 Å². The minimum Gasteiger partial charge on any atom is -0.393 e. The first-order valence-corrected chi connectivity index (χ1v) is 5.85. The van der Waals surface area contributed by atoms with Gasteiger partial charge in [0.2, 0.25) is 0 Å². The number of amides is 1. The summed E-state index contributed by atoms with van der Waals surface area (Å²) in [6.45, 7) is 2.24. The average molecular weight is 287 g/mol. The third-order valence-corrected chi connectivity index (χ3v) is 2.67. The maximum absolute atomic E-state index is 11.9. The fourth-order valence-corrected chi connectivity index (χ4v) is 1.44. The second-order valence-electron chi connectivity index (χ2n) is 3.73. The van der Waals surface area contributed by atoms with Gasteiger partial charge in [-0.05, 0) is 41.4 Å². The molecule has 1 amide bonds. The van der Waals surface area contributed by atoms with E-state index >= 15 is 0 Å². The molecule has 0 saturated carbocycles. The van der Waals surface area contributed by atoms with Crippen LogP contribution in [0.5, 0.6) is 0 Å². The van der Waals surface area contributed by atoms with Gasteiger partial charge in [-0.25, -0.2) is 4.98 Å². The standard InChI is InChI=1S/C11H15BrN2O2/c1-8(15)5-6-14(2)11(16)9-3-4-10(12)13-7-9/h3-4,7-8,15H,5-6H2,1-2H3. The van der Waals surface area contributed by atoms with Crippen LogP contribution in [0.2, 0.25) is 0 Å². The van der Waals surface area contributed by atoms with E-state index in [0.29, 0.717) is 23.1 Å². The number of halogens is 1. The highest BCUT2D eigenvalue weighted by molar-refractivity contribution is 9.10. The smallest absolute Gasteiger partial charge is 0.255 e. The lowest BCUT2D eigenvalue weighted by molar-refractivity contribution is 0.0768. The minimum atomic E-state index is -0.390. The van der Waals surface area contributed by atoms with Crippen LogP contribution in [0, 0.1) is 0 Å². The number of hydrogen-bond acceptors (Lipinski definition) is 3. The van der Waals surface area contributed by atoms with Crippen molar-refractivity contribution in [3.05, 3.63) is 28.5 Å². The third kappa shape index (κ3) is 3.90. The zero-order chi connectivity index (χ0) is 12.1. The van der Waals surface area contributed by atoms with Crippen molar-refractivity contribution in [2.24, 2.45) is 0 Å². The highest BCUT2D eigenvalue weighted by Gasteiger charge is 2.12. The van der Waals surface area contributed by atoms with Gasteiger partial charge in [-0.2, -0.15) is 0 Å². The number of aliphatic hydroxyl groups excluding tert-OH is 1. The van der Waals surface area contributed by atoms with Crippen molar-refractivity contribution in [1.29, 1.82) is 0 Å². The molecule has 0 fully saturated rings. The van der Waals surface area contributed by atoms with Crippen LogP contribution in [0.1, 0.15) is 23.7 Å². The summed E-state index contributed by atoms with van der Waals surface area (Å²) in [7, 11) is 1.72. The van der Waals surface area contributed by atoms with Gasteiger partial charge in [-0.3, -0.25) is 4.79 Å². The quantitative estimate of drug-likeness (QED) is 0.857. The molecule has 0 spiro atoms. The van der Waals surface area contributed by atoms with Crippen LogP contribution >= 0.6 is 15.9 Å². The molecule has 1 unspecified atom stereocenters. The molecule has 0 saturated heterocycles. The summed E-state index contributed by atoms with van der Waals surface area (Å²) >= 11 is 3.21. The van der Waals surface area contributed by atoms with Crippen molar-refractivity contribution < 1.29 is 9.90 Å². The van der Waals surface area contributed by atoms with Crippen LogP contribution in [-0.2, 0) is 0 Å². The van der Waals surface area contributed by atoms with Crippen LogP contribution in [0.3, 0.4) is 0 Å². The van der Waals surface area contributed by atoms with Gasteiger partial charge in [-0.1, -0.05) is 0 Å². The van der Waals surface area contributed by atoms with Gasteiger partial charge in [0, 0.05) is 19.8 Å². The Labute approximate surface area is 103 Å². The zero-order valence-corrected chi connectivity index (χ0v) is 10.9. The van der Waals surface area contributed by atoms with Crippen LogP contribution in [0.4, 0.5) is 0 Å². The summed E-state index contributed by atoms with van der Waals surface area (Å²) in [5, 5.41) is 9.13. The second-order valence-corrected chi connectivity index (χ2v) is 4.55. The molecular formula is C11H15BrN2O2. The summed E-state index contributed by atoms with van der Waals surface area (Å²) < 4.78 is 0.704. The van der Waals surface area contributed by atoms with Gasteiger partial charge in [-0.15, -0.1) is 0 Å². The van der Waals surface area contributed by atoms with Crippen molar-refractivity contribution in [1.82, 2.24) is 9.88 Å². The molecule has 1 heterocycles. The molecule has 1 rings (SSSR count). The molecule has 1 aromatic heterocycles. The molecule has 0 aliphatic carbocycles. The van der Waals surface area contributed by atoms with Crippen LogP contribution in [0.25, 0.3) is 0 Å². The van der Waals surface area contributed by atoms with Gasteiger partial charge >= 0.3 is 0 Å². The largest absolute Gasteiger partial charge is 0.393 e. The second kappa shape index (κ2) is 5.96. The summed E-state index contributed by atoms with van der Waals surface area (Å²) in [5.74, 6) is -0.0827. The van der Waals surface area contributed by atoms with Crippen LogP contribution in [0.15, 0.2) is 22.9 Å². The van der Waals surface area contributed by atoms with Gasteiger partial charge in [0.05, 0.1) is 11.7 Å². The summed E-state index contributed by atoms with van der Waals surface area (Å²) in [6, 6.07) is 3.45. The zero-order valence-electron chi connectivity index (χ0n) is 9.35. The van der Waals surface area contributed by atoms with E-state index in [1.54, 1.807) is 31.0 Å². The number of carbonyl (C=O) groups is 1. The Kier molecular flexibility index (Phi) is 4.89. The van der Waals surface area contributed by atoms with E-state index in [2.05, 4.69) is 20.9 Å². The first kappa shape index (κ1) is 13.1. The van der Waals surface area contributed by atoms with E-state index < -0.39 is 6.10 Å². The Balaban J connectivity index is 2.60. The molecule has 88 valence electrons. The predicted octanol–water partition coefficient (Wildman–Crippen LogP) is 1.69. The molecule has 0 bridgehead atoms. The molecule has 1 atom stereocenters. The molecular weight excluding hydrogens is 272 g/mol. The third-order valence-electron chi connectivity index (χ3n) is 2.20. The van der Waals surface area contributed by atoms with Crippen LogP contribution in [-0.4, -0.2) is 40.6 Å². The van der Waals surface area contributed by atoms with Crippen LogP contribution < -0.4 is 0 Å². The number of carbonyl (C=O) groups excluding carboxylic acids is 1. The highest BCUT2D eigenvalue weighted by atomic mass is 79.9. The van der Waals surface area contributed by atoms with E-state index in [0.717, 1.165) is 0 Å². The molecule has 0 aromatic carbocycles. The van der Waals surface area contributed by atoms with Crippen molar-refractivity contribution in [3.63, 3.8) is 0 Å². The normalized spacial score (nSPS) is 12.2. The fourth-order valence-electron chi connectivity index (χ4n) is 1.20. The lowest BCUT2D eigenvalue weighted by Gasteiger charge is -2.17. The Hall–Kier alpha value is -0.940. The predicted molar refractivity (Wildman–Crippen MR) is 65.2 cm³/mol. The Bertz CT molecular complexity index is 352. The number of hydrogen-bond donors (Lipinski definition) is 1. The number of rotatable bonds is 4. The first-order chi connectivity index (χ1) is 7.50. The van der Waals surface area contributed by atoms with E-state index in [-0.39, 0.29) is 5.91 Å². The number of aromatic nitrogens is 1. The highest BCUT2D eigenvalue weighted by Crippen LogP contribution is 2.08. The molecule has 1 aromatic rings. The van der Waals surface area contributed by atoms with E-state index in [4.69, 9.17) is 5.11 Å². The van der Waals surface area contributed by atoms with Crippen molar-refractivity contribution in [2.75, 3.05) is 13.6 Å². The molecule has 5 heteroatoms. The minimum absolute atomic E-state index is 0.0827. The molecule has 0 aliphatic heterocycles. The van der Waals surface area contributed by atoms with Gasteiger partial charge in [0.1, 0.15) is 4.60 Å². The van der Waals surface area contributed by atoms with Crippen molar-refractivity contribution in [2.45, 2.75) is 19.4 Å². The monoisotopic (exact) mass is 286 g/mol. The molecule has 0 radical (unpaired) electrons. The Morgan fingerprint density at radius 1 is 1.62 bits per heavy atom. The average Bonchev–Trinajstić information content (AvgIpc) is 2.26. The summed E-state index contributed by atoms with van der Waals surface area (Å²) in [5.41, 5.74) is 0.552. The van der Waals surface area contributed by atoms with Gasteiger partial charge in [0.15, 0.2) is 0 Å². The van der Waals surface area contributed by atoms with E-state index in [1.165, 1.54) is 6.20 Å². The van der Waals surface area contributed by atoms with Gasteiger partial charge in [0.25, 0.3) is 5.91 Å². The van der Waals surface area contributed by atoms with Gasteiger partial charge < -0.3 is 10.0 Å². The topological polar surface area (TPSA) is 53.4 Å².